The third-order valence-corrected chi connectivity index (χ3v) is 5.16. The van der Waals surface area contributed by atoms with Crippen LogP contribution in [0.1, 0.15) is 32.1 Å². The Morgan fingerprint density at radius 3 is 2.44 bits per heavy atom. The second-order valence-corrected chi connectivity index (χ2v) is 6.77. The van der Waals surface area contributed by atoms with Gasteiger partial charge in [-0.2, -0.15) is 0 Å². The fourth-order valence-electron chi connectivity index (χ4n) is 3.77. The smallest absolute Gasteiger partial charge is 0.273 e. The molecule has 27 heavy (non-hydrogen) atoms. The molecule has 2 fully saturated rings. The molecule has 1 aliphatic heterocycles. The summed E-state index contributed by atoms with van der Waals surface area (Å²) >= 11 is 0. The molecule has 0 radical (unpaired) electrons. The number of anilines is 1. The molecule has 1 aliphatic carbocycles. The highest BCUT2D eigenvalue weighted by Gasteiger charge is 2.47. The second-order valence-electron chi connectivity index (χ2n) is 6.77. The van der Waals surface area contributed by atoms with E-state index < -0.39 is 10.8 Å². The van der Waals surface area contributed by atoms with Crippen LogP contribution < -0.4 is 10.1 Å². The van der Waals surface area contributed by atoms with E-state index in [0.717, 1.165) is 25.7 Å². The summed E-state index contributed by atoms with van der Waals surface area (Å²) in [5, 5.41) is 13.4. The van der Waals surface area contributed by atoms with Gasteiger partial charge in [-0.05, 0) is 18.9 Å². The number of fused-ring (bicyclic) bond motifs is 1. The maximum Gasteiger partial charge on any atom is 0.273 e. The summed E-state index contributed by atoms with van der Waals surface area (Å²) in [6.07, 6.45) is 3.33. The van der Waals surface area contributed by atoms with E-state index in [0.29, 0.717) is 5.69 Å². The van der Waals surface area contributed by atoms with Gasteiger partial charge in [0.15, 0.2) is 0 Å². The second kappa shape index (κ2) is 7.73. The molecule has 144 valence electrons. The van der Waals surface area contributed by atoms with Crippen LogP contribution in [0.25, 0.3) is 0 Å². The molecule has 9 nitrogen and oxygen atoms in total. The van der Waals surface area contributed by atoms with Gasteiger partial charge in [0.25, 0.3) is 5.69 Å². The largest absolute Gasteiger partial charge is 0.494 e. The molecule has 1 heterocycles. The number of carbonyl (C=O) groups is 3. The van der Waals surface area contributed by atoms with Crippen LogP contribution in [0.15, 0.2) is 18.2 Å². The molecular weight excluding hydrogens is 354 g/mol. The van der Waals surface area contributed by atoms with Crippen molar-refractivity contribution in [3.63, 3.8) is 0 Å². The van der Waals surface area contributed by atoms with Crippen LogP contribution in [-0.2, 0) is 14.4 Å². The van der Waals surface area contributed by atoms with Crippen LogP contribution in [0.5, 0.6) is 5.75 Å². The third kappa shape index (κ3) is 3.76. The lowest BCUT2D eigenvalue weighted by Crippen LogP contribution is -2.34. The maximum absolute atomic E-state index is 12.4. The van der Waals surface area contributed by atoms with E-state index in [-0.39, 0.29) is 48.1 Å². The van der Waals surface area contributed by atoms with E-state index in [1.54, 1.807) is 0 Å². The van der Waals surface area contributed by atoms with Crippen molar-refractivity contribution in [2.75, 3.05) is 19.0 Å². The molecule has 1 aromatic rings. The Morgan fingerprint density at radius 1 is 1.26 bits per heavy atom. The number of hydrogen-bond acceptors (Lipinski definition) is 6. The summed E-state index contributed by atoms with van der Waals surface area (Å²) in [4.78, 5) is 48.5. The predicted octanol–water partition coefficient (Wildman–Crippen LogP) is 2.11. The van der Waals surface area contributed by atoms with Gasteiger partial charge < -0.3 is 10.1 Å². The Balaban J connectivity index is 1.61. The van der Waals surface area contributed by atoms with E-state index in [9.17, 15) is 24.5 Å². The van der Waals surface area contributed by atoms with Crippen molar-refractivity contribution in [1.82, 2.24) is 4.90 Å². The van der Waals surface area contributed by atoms with Crippen molar-refractivity contribution < 1.29 is 24.0 Å². The molecule has 0 unspecified atom stereocenters. The van der Waals surface area contributed by atoms with E-state index >= 15 is 0 Å². The minimum Gasteiger partial charge on any atom is -0.494 e. The van der Waals surface area contributed by atoms with Gasteiger partial charge in [0, 0.05) is 19.0 Å². The number of nitro groups is 1. The van der Waals surface area contributed by atoms with Gasteiger partial charge in [0.1, 0.15) is 5.75 Å². The van der Waals surface area contributed by atoms with Crippen molar-refractivity contribution in [2.45, 2.75) is 32.1 Å². The van der Waals surface area contributed by atoms with Gasteiger partial charge in [-0.25, -0.2) is 0 Å². The van der Waals surface area contributed by atoms with E-state index in [4.69, 9.17) is 4.74 Å². The lowest BCUT2D eigenvalue weighted by molar-refractivity contribution is -0.384. The van der Waals surface area contributed by atoms with Crippen LogP contribution in [0, 0.1) is 22.0 Å². The Kier molecular flexibility index (Phi) is 5.38. The van der Waals surface area contributed by atoms with Crippen LogP contribution >= 0.6 is 0 Å². The van der Waals surface area contributed by atoms with Gasteiger partial charge in [0.2, 0.25) is 17.7 Å². The zero-order valence-electron chi connectivity index (χ0n) is 15.0. The number of amides is 3. The predicted molar refractivity (Wildman–Crippen MR) is 95.1 cm³/mol. The number of ether oxygens (including phenoxy) is 1. The number of imide groups is 1. The number of methoxy groups -OCH3 is 1. The van der Waals surface area contributed by atoms with E-state index in [1.807, 2.05) is 0 Å². The Bertz CT molecular complexity index is 769. The van der Waals surface area contributed by atoms with Crippen LogP contribution in [-0.4, -0.2) is 41.2 Å². The number of nitro benzene ring substituents is 1. The van der Waals surface area contributed by atoms with Crippen molar-refractivity contribution >= 4 is 29.1 Å². The molecule has 2 aliphatic rings. The summed E-state index contributed by atoms with van der Waals surface area (Å²) in [6.45, 7) is 0.0335. The molecular formula is C18H21N3O6. The normalized spacial score (nSPS) is 21.7. The number of benzene rings is 1. The summed E-state index contributed by atoms with van der Waals surface area (Å²) in [6, 6.07) is 3.86. The minimum absolute atomic E-state index is 0.0335. The number of likely N-dealkylation sites (tertiary alicyclic amines) is 1. The first-order valence-corrected chi connectivity index (χ1v) is 8.90. The zero-order valence-corrected chi connectivity index (χ0v) is 15.0. The first-order chi connectivity index (χ1) is 12.9. The Morgan fingerprint density at radius 2 is 1.89 bits per heavy atom. The van der Waals surface area contributed by atoms with Crippen molar-refractivity contribution in [1.29, 1.82) is 0 Å². The summed E-state index contributed by atoms with van der Waals surface area (Å²) < 4.78 is 5.08. The van der Waals surface area contributed by atoms with E-state index in [1.165, 1.54) is 30.2 Å². The molecule has 2 atom stereocenters. The first kappa shape index (κ1) is 18.8. The number of nitrogens with zero attached hydrogens (tertiary/aromatic N) is 2. The summed E-state index contributed by atoms with van der Waals surface area (Å²) in [5.74, 6) is -1.06. The Hall–Kier alpha value is -2.97. The number of rotatable bonds is 6. The average molecular weight is 375 g/mol. The molecule has 9 heteroatoms. The van der Waals surface area contributed by atoms with Gasteiger partial charge >= 0.3 is 0 Å². The van der Waals surface area contributed by atoms with Gasteiger partial charge in [-0.3, -0.25) is 29.4 Å². The van der Waals surface area contributed by atoms with Gasteiger partial charge in [-0.15, -0.1) is 0 Å². The molecule has 1 saturated heterocycles. The number of carbonyl (C=O) groups excluding carboxylic acids is 3. The first-order valence-electron chi connectivity index (χ1n) is 8.90. The van der Waals surface area contributed by atoms with Crippen molar-refractivity contribution in [3.05, 3.63) is 28.3 Å². The topological polar surface area (TPSA) is 119 Å². The Labute approximate surface area is 155 Å². The third-order valence-electron chi connectivity index (χ3n) is 5.16. The highest BCUT2D eigenvalue weighted by atomic mass is 16.6. The molecule has 0 aromatic heterocycles. The van der Waals surface area contributed by atoms with Crippen molar-refractivity contribution in [2.24, 2.45) is 11.8 Å². The summed E-state index contributed by atoms with van der Waals surface area (Å²) in [7, 11) is 1.35. The molecule has 1 saturated carbocycles. The van der Waals surface area contributed by atoms with Crippen molar-refractivity contribution in [3.8, 4) is 5.75 Å². The monoisotopic (exact) mass is 375 g/mol. The zero-order chi connectivity index (χ0) is 19.6. The van der Waals surface area contributed by atoms with E-state index in [2.05, 4.69) is 5.32 Å². The number of non-ortho nitro benzene ring substituents is 1. The molecule has 1 N–H and O–H groups in total. The van der Waals surface area contributed by atoms with Gasteiger partial charge in [0.05, 0.1) is 35.6 Å². The van der Waals surface area contributed by atoms with Crippen LogP contribution in [0.3, 0.4) is 0 Å². The molecule has 0 spiro atoms. The average Bonchev–Trinajstić information content (AvgIpc) is 2.91. The van der Waals surface area contributed by atoms with Gasteiger partial charge in [-0.1, -0.05) is 12.8 Å². The lowest BCUT2D eigenvalue weighted by atomic mass is 9.81. The molecule has 1 aromatic carbocycles. The van der Waals surface area contributed by atoms with Crippen LogP contribution in [0.2, 0.25) is 0 Å². The fraction of sp³-hybridized carbons (Fsp3) is 0.500. The number of hydrogen-bond donors (Lipinski definition) is 1. The summed E-state index contributed by atoms with van der Waals surface area (Å²) in [5.41, 5.74) is 0.140. The standard InChI is InChI=1S/C18H21N3O6/c1-27-15-10-11(21(25)26)6-7-14(15)19-16(22)8-9-20-17(23)12-4-2-3-5-13(12)18(20)24/h6-7,10,12-13H,2-5,8-9H2,1H3,(H,19,22)/t12-,13-/m1/s1. The SMILES string of the molecule is COc1cc([N+](=O)[O-])ccc1NC(=O)CCN1C(=O)[C@@H]2CCCC[C@H]2C1=O. The molecule has 0 bridgehead atoms. The minimum atomic E-state index is -0.557. The lowest BCUT2D eigenvalue weighted by Gasteiger charge is -2.19. The maximum atomic E-state index is 12.4. The highest BCUT2D eigenvalue weighted by molar-refractivity contribution is 6.05. The molecule has 3 amide bonds. The quantitative estimate of drug-likeness (QED) is 0.462. The highest BCUT2D eigenvalue weighted by Crippen LogP contribution is 2.38. The number of nitrogens with one attached hydrogen (secondary N) is 1. The molecule has 3 rings (SSSR count). The fourth-order valence-corrected chi connectivity index (χ4v) is 3.77. The van der Waals surface area contributed by atoms with Crippen LogP contribution in [0.4, 0.5) is 11.4 Å².